The van der Waals surface area contributed by atoms with E-state index in [9.17, 15) is 14.4 Å². The number of rotatable bonds is 10. The van der Waals surface area contributed by atoms with Crippen LogP contribution in [0.2, 0.25) is 0 Å². The lowest BCUT2D eigenvalue weighted by Gasteiger charge is -2.17. The minimum absolute atomic E-state index is 0.0398. The van der Waals surface area contributed by atoms with Crippen molar-refractivity contribution in [2.75, 3.05) is 27.4 Å². The Morgan fingerprint density at radius 2 is 1.27 bits per heavy atom. The molecule has 0 bridgehead atoms. The average molecular weight is 559 g/mol. The molecule has 0 spiro atoms. The number of carbonyl (C=O) groups is 3. The Bertz CT molecular complexity index is 1390. The summed E-state index contributed by atoms with van der Waals surface area (Å²) in [6, 6.07) is 20.9. The number of ketones is 1. The van der Waals surface area contributed by atoms with E-state index in [1.165, 1.54) is 6.08 Å². The summed E-state index contributed by atoms with van der Waals surface area (Å²) in [5.41, 5.74) is 2.53. The van der Waals surface area contributed by atoms with Gasteiger partial charge in [-0.3, -0.25) is 4.79 Å². The highest BCUT2D eigenvalue weighted by atomic mass is 16.7. The molecule has 3 aromatic carbocycles. The molecule has 2 saturated heterocycles. The van der Waals surface area contributed by atoms with Crippen molar-refractivity contribution in [1.29, 1.82) is 0 Å². The van der Waals surface area contributed by atoms with E-state index in [4.69, 9.17) is 28.4 Å². The summed E-state index contributed by atoms with van der Waals surface area (Å²) < 4.78 is 33.0. The van der Waals surface area contributed by atoms with Crippen molar-refractivity contribution in [3.8, 4) is 11.5 Å². The second-order valence-corrected chi connectivity index (χ2v) is 9.65. The third kappa shape index (κ3) is 6.82. The third-order valence-electron chi connectivity index (χ3n) is 6.98. The number of Topliss-reactive ketones (excluding diaryl/α,β-unsaturated/α-hetero) is 1. The van der Waals surface area contributed by atoms with E-state index in [1.54, 1.807) is 81.0 Å². The molecule has 4 atom stereocenters. The maximum Gasteiger partial charge on any atom is 0.338 e. The van der Waals surface area contributed by atoms with E-state index in [0.29, 0.717) is 16.9 Å². The van der Waals surface area contributed by atoms with Crippen molar-refractivity contribution in [2.45, 2.75) is 30.8 Å². The Balaban J connectivity index is 1.10. The van der Waals surface area contributed by atoms with Crippen molar-refractivity contribution in [1.82, 2.24) is 0 Å². The van der Waals surface area contributed by atoms with Gasteiger partial charge in [-0.25, -0.2) is 9.59 Å². The normalized spacial score (nSPS) is 21.3. The number of methoxy groups -OCH3 is 2. The first-order valence-electron chi connectivity index (χ1n) is 13.2. The lowest BCUT2D eigenvalue weighted by Crippen LogP contribution is -2.35. The van der Waals surface area contributed by atoms with Gasteiger partial charge in [-0.2, -0.15) is 0 Å². The van der Waals surface area contributed by atoms with E-state index < -0.39 is 36.4 Å². The van der Waals surface area contributed by atoms with Crippen molar-refractivity contribution >= 4 is 23.8 Å². The second kappa shape index (κ2) is 12.8. The zero-order chi connectivity index (χ0) is 28.8. The first-order valence-corrected chi connectivity index (χ1v) is 13.2. The predicted octanol–water partition coefficient (Wildman–Crippen LogP) is 4.08. The summed E-state index contributed by atoms with van der Waals surface area (Å²) in [6.07, 6.45) is 0.874. The van der Waals surface area contributed by atoms with E-state index in [0.717, 1.165) is 16.9 Å². The molecule has 2 unspecified atom stereocenters. The van der Waals surface area contributed by atoms with Crippen molar-refractivity contribution in [3.05, 3.63) is 101 Å². The zero-order valence-electron chi connectivity index (χ0n) is 22.7. The number of ether oxygens (including phenoxy) is 6. The summed E-state index contributed by atoms with van der Waals surface area (Å²) in [4.78, 5) is 37.8. The minimum atomic E-state index is -0.637. The predicted molar refractivity (Wildman–Crippen MR) is 148 cm³/mol. The lowest BCUT2D eigenvalue weighted by atomic mass is 10.0. The topological polar surface area (TPSA) is 107 Å². The molecule has 0 amide bonds. The fraction of sp³-hybridized carbons (Fsp3) is 0.281. The Hall–Kier alpha value is -4.47. The van der Waals surface area contributed by atoms with Crippen molar-refractivity contribution < 1.29 is 42.8 Å². The maximum atomic E-state index is 12.8. The van der Waals surface area contributed by atoms with Gasteiger partial charge in [0, 0.05) is 18.1 Å². The number of hydrogen-bond acceptors (Lipinski definition) is 9. The van der Waals surface area contributed by atoms with Crippen molar-refractivity contribution in [2.24, 2.45) is 0 Å². The van der Waals surface area contributed by atoms with Crippen LogP contribution in [0.1, 0.15) is 31.8 Å². The van der Waals surface area contributed by atoms with Gasteiger partial charge in [0.25, 0.3) is 0 Å². The quantitative estimate of drug-likeness (QED) is 0.207. The number of fused-ring (bicyclic) bond motifs is 1. The summed E-state index contributed by atoms with van der Waals surface area (Å²) in [5, 5.41) is 0. The van der Waals surface area contributed by atoms with Crippen LogP contribution in [0.5, 0.6) is 11.5 Å². The van der Waals surface area contributed by atoms with Gasteiger partial charge in [-0.1, -0.05) is 24.3 Å². The van der Waals surface area contributed by atoms with Crippen LogP contribution in [-0.2, 0) is 30.2 Å². The number of hydrogen-bond donors (Lipinski definition) is 0. The van der Waals surface area contributed by atoms with Crippen LogP contribution in [0.4, 0.5) is 0 Å². The van der Waals surface area contributed by atoms with E-state index in [1.807, 2.05) is 12.1 Å². The average Bonchev–Trinajstić information content (AvgIpc) is 3.59. The summed E-state index contributed by atoms with van der Waals surface area (Å²) in [5.74, 6) is 0.313. The van der Waals surface area contributed by atoms with Crippen molar-refractivity contribution in [3.63, 3.8) is 0 Å². The minimum Gasteiger partial charge on any atom is -0.497 e. The van der Waals surface area contributed by atoms with Gasteiger partial charge in [0.1, 0.15) is 23.7 Å². The molecule has 0 saturated carbocycles. The van der Waals surface area contributed by atoms with Gasteiger partial charge in [0.05, 0.1) is 33.0 Å². The van der Waals surface area contributed by atoms with Gasteiger partial charge in [-0.05, 0) is 65.7 Å². The summed E-state index contributed by atoms with van der Waals surface area (Å²) >= 11 is 0. The Kier molecular flexibility index (Phi) is 8.76. The molecule has 0 N–H and O–H groups in total. The molecule has 212 valence electrons. The van der Waals surface area contributed by atoms with E-state index in [-0.39, 0.29) is 25.4 Å². The van der Waals surface area contributed by atoms with E-state index in [2.05, 4.69) is 0 Å². The first-order chi connectivity index (χ1) is 19.9. The molecule has 0 aliphatic carbocycles. The Morgan fingerprint density at radius 1 is 0.732 bits per heavy atom. The summed E-state index contributed by atoms with van der Waals surface area (Å²) in [7, 11) is 3.16. The molecule has 9 nitrogen and oxygen atoms in total. The highest BCUT2D eigenvalue weighted by Crippen LogP contribution is 2.31. The third-order valence-corrected chi connectivity index (χ3v) is 6.98. The van der Waals surface area contributed by atoms with Crippen LogP contribution in [-0.4, -0.2) is 69.6 Å². The number of benzene rings is 3. The smallest absolute Gasteiger partial charge is 0.338 e. The highest BCUT2D eigenvalue weighted by molar-refractivity contribution is 5.97. The van der Waals surface area contributed by atoms with Gasteiger partial charge < -0.3 is 28.4 Å². The molecule has 2 heterocycles. The molecule has 3 aromatic rings. The van der Waals surface area contributed by atoms with Gasteiger partial charge in [-0.15, -0.1) is 0 Å². The molecule has 41 heavy (non-hydrogen) atoms. The maximum absolute atomic E-state index is 12.8. The van der Waals surface area contributed by atoms with Crippen LogP contribution in [0.25, 0.3) is 6.08 Å². The van der Waals surface area contributed by atoms with Crippen LogP contribution in [0, 0.1) is 0 Å². The largest absolute Gasteiger partial charge is 0.497 e. The monoisotopic (exact) mass is 558 g/mol. The summed E-state index contributed by atoms with van der Waals surface area (Å²) in [6.45, 7) is 0.272. The molecular weight excluding hydrogens is 528 g/mol. The first kappa shape index (κ1) is 28.1. The Labute approximate surface area is 237 Å². The number of carbonyl (C=O) groups excluding carboxylic acids is 3. The fourth-order valence-corrected chi connectivity index (χ4v) is 4.73. The molecule has 2 aliphatic rings. The van der Waals surface area contributed by atoms with Gasteiger partial charge in [0.2, 0.25) is 0 Å². The zero-order valence-corrected chi connectivity index (χ0v) is 22.7. The second-order valence-electron chi connectivity index (χ2n) is 9.65. The lowest BCUT2D eigenvalue weighted by molar-refractivity contribution is -0.147. The molecule has 5 rings (SSSR count). The van der Waals surface area contributed by atoms with Crippen LogP contribution >= 0.6 is 0 Å². The molecular formula is C32H30O9. The SMILES string of the molecule is COc1ccc(C=CC(=O)O[C@H]2COC3C2OC[C@H]3OC(=O)c2ccc(CC(=O)c3ccc(OC)cc3)cc2)cc1. The standard InChI is InChI=1S/C32H30O9/c1-36-24-12-5-20(6-13-24)7-16-29(34)40-27-18-38-31-28(19-39-30(27)31)41-32(35)23-8-3-21(4-9-23)17-26(33)22-10-14-25(37-2)15-11-22/h3-16,27-28,30-31H,17-19H2,1-2H3/t27-,28+,30?,31?/m0/s1. The fourth-order valence-electron chi connectivity index (χ4n) is 4.73. The Morgan fingerprint density at radius 3 is 1.85 bits per heavy atom. The molecule has 2 aliphatic heterocycles. The molecule has 9 heteroatoms. The van der Waals surface area contributed by atoms with Gasteiger partial charge in [0.15, 0.2) is 18.0 Å². The van der Waals surface area contributed by atoms with Crippen LogP contribution in [0.15, 0.2) is 78.9 Å². The van der Waals surface area contributed by atoms with Crippen LogP contribution in [0.3, 0.4) is 0 Å². The highest BCUT2D eigenvalue weighted by Gasteiger charge is 2.51. The molecule has 0 radical (unpaired) electrons. The molecule has 2 fully saturated rings. The molecule has 0 aromatic heterocycles. The van der Waals surface area contributed by atoms with E-state index >= 15 is 0 Å². The van der Waals surface area contributed by atoms with Crippen LogP contribution < -0.4 is 9.47 Å². The van der Waals surface area contributed by atoms with Gasteiger partial charge >= 0.3 is 11.9 Å². The number of esters is 2.